The van der Waals surface area contributed by atoms with Gasteiger partial charge in [0.25, 0.3) is 0 Å². The Morgan fingerprint density at radius 2 is 1.12 bits per heavy atom. The first kappa shape index (κ1) is 22.6. The maximum atomic E-state index is 8.88. The van der Waals surface area contributed by atoms with E-state index in [4.69, 9.17) is 19.2 Å². The summed E-state index contributed by atoms with van der Waals surface area (Å²) in [5, 5.41) is 0. The van der Waals surface area contributed by atoms with Crippen molar-refractivity contribution in [2.75, 3.05) is 0 Å². The van der Waals surface area contributed by atoms with Gasteiger partial charge in [-0.1, -0.05) is 0 Å². The molecule has 0 saturated carbocycles. The molecule has 3 N–H and O–H groups in total. The standard InChI is InChI=1S/Gd.La.H3O4P.Tm/c;;1-5(2,3)4;/h;;(H3,1,2,3,4);. The van der Waals surface area contributed by atoms with Crippen molar-refractivity contribution in [2.45, 2.75) is 0 Å². The van der Waals surface area contributed by atoms with Crippen molar-refractivity contribution in [3.8, 4) is 0 Å². The molecular weight excluding hydrogens is 560 g/mol. The van der Waals surface area contributed by atoms with E-state index in [0.29, 0.717) is 0 Å². The van der Waals surface area contributed by atoms with Crippen LogP contribution in [-0.4, -0.2) is 14.7 Å². The predicted octanol–water partition coefficient (Wildman–Crippen LogP) is -0.929. The molecule has 0 bridgehead atoms. The van der Waals surface area contributed by atoms with Crippen LogP contribution >= 0.6 is 7.82 Å². The molecule has 0 amide bonds. The average molecular weight is 563 g/mol. The smallest absolute Gasteiger partial charge is 0.303 e. The fraction of sp³-hybridized carbons (Fsp3) is 0. The van der Waals surface area contributed by atoms with Gasteiger partial charge in [0.1, 0.15) is 0 Å². The summed E-state index contributed by atoms with van der Waals surface area (Å²) in [7, 11) is -4.64. The normalized spacial score (nSPS) is 7.38. The van der Waals surface area contributed by atoms with Crippen LogP contribution in [0.25, 0.3) is 0 Å². The molecule has 0 rings (SSSR count). The molecule has 0 unspecified atom stereocenters. The van der Waals surface area contributed by atoms with E-state index in [2.05, 4.69) is 0 Å². The number of rotatable bonds is 0. The Morgan fingerprint density at radius 1 is 1.12 bits per heavy atom. The summed E-state index contributed by atoms with van der Waals surface area (Å²) in [6.45, 7) is 0. The van der Waals surface area contributed by atoms with E-state index in [1.165, 1.54) is 0 Å². The molecule has 0 aromatic heterocycles. The molecule has 8 heteroatoms. The molecule has 0 aromatic carbocycles. The minimum Gasteiger partial charge on any atom is -0.303 e. The van der Waals surface area contributed by atoms with Crippen LogP contribution < -0.4 is 0 Å². The van der Waals surface area contributed by atoms with Gasteiger partial charge in [-0.15, -0.1) is 0 Å². The number of hydrogen-bond acceptors (Lipinski definition) is 1. The van der Waals surface area contributed by atoms with Crippen molar-refractivity contribution in [2.24, 2.45) is 0 Å². The summed E-state index contributed by atoms with van der Waals surface area (Å²) in [4.78, 5) is 21.6. The van der Waals surface area contributed by atoms with Crippen LogP contribution in [0.4, 0.5) is 0 Å². The first-order valence-electron chi connectivity index (χ1n) is 0.783. The van der Waals surface area contributed by atoms with E-state index in [9.17, 15) is 0 Å². The molecule has 0 heterocycles. The van der Waals surface area contributed by atoms with E-state index >= 15 is 0 Å². The molecule has 0 spiro atoms. The summed E-state index contributed by atoms with van der Waals surface area (Å²) < 4.78 is 8.88. The van der Waals surface area contributed by atoms with Crippen LogP contribution in [-0.2, 0) is 4.57 Å². The second-order valence-corrected chi connectivity index (χ2v) is 1.54. The third kappa shape index (κ3) is 51.9. The fourth-order valence-electron chi connectivity index (χ4n) is 0. The van der Waals surface area contributed by atoms with Crippen molar-refractivity contribution < 1.29 is 132 Å². The van der Waals surface area contributed by atoms with Gasteiger partial charge in [-0.2, -0.15) is 0 Å². The monoisotopic (exact) mass is 564 g/mol. The molecule has 0 atom stereocenters. The number of phosphoric acid groups is 1. The second kappa shape index (κ2) is 10.9. The summed E-state index contributed by atoms with van der Waals surface area (Å²) >= 11 is 0. The van der Waals surface area contributed by atoms with E-state index in [1.807, 2.05) is 0 Å². The van der Waals surface area contributed by atoms with Gasteiger partial charge in [-0.25, -0.2) is 4.57 Å². The second-order valence-electron chi connectivity index (χ2n) is 0.513. The molecule has 56 valence electrons. The van der Waals surface area contributed by atoms with Gasteiger partial charge in [0.05, 0.1) is 0 Å². The molecule has 8 heavy (non-hydrogen) atoms. The van der Waals surface area contributed by atoms with Crippen LogP contribution in [0.15, 0.2) is 0 Å². The van der Waals surface area contributed by atoms with Gasteiger partial charge in [0, 0.05) is 112 Å². The first-order valence-corrected chi connectivity index (χ1v) is 2.35. The zero-order valence-electron chi connectivity index (χ0n) is 3.41. The van der Waals surface area contributed by atoms with Gasteiger partial charge in [0.2, 0.25) is 0 Å². The van der Waals surface area contributed by atoms with Crippen LogP contribution in [0.5, 0.6) is 0 Å². The largest absolute Gasteiger partial charge is 0.466 e. The fourth-order valence-corrected chi connectivity index (χ4v) is 0. The first-order chi connectivity index (χ1) is 2.00. The average Bonchev–Trinajstić information content (AvgIpc) is 0.722. The van der Waals surface area contributed by atoms with Gasteiger partial charge in [-0.05, 0) is 0 Å². The maximum absolute atomic E-state index is 8.88. The number of hydrogen-bond donors (Lipinski definition) is 3. The third-order valence-electron chi connectivity index (χ3n) is 0. The van der Waals surface area contributed by atoms with Crippen LogP contribution in [0.1, 0.15) is 0 Å². The zero-order valence-corrected chi connectivity index (χ0v) is 12.0. The van der Waals surface area contributed by atoms with Crippen molar-refractivity contribution in [1.82, 2.24) is 0 Å². The van der Waals surface area contributed by atoms with Crippen LogP contribution in [0, 0.1) is 112 Å². The van der Waals surface area contributed by atoms with Crippen molar-refractivity contribution in [3.63, 3.8) is 0 Å². The quantitative estimate of drug-likeness (QED) is 0.334. The summed E-state index contributed by atoms with van der Waals surface area (Å²) in [5.41, 5.74) is 0. The van der Waals surface area contributed by atoms with E-state index in [0.717, 1.165) is 0 Å². The van der Waals surface area contributed by atoms with Gasteiger partial charge < -0.3 is 14.7 Å². The third-order valence-corrected chi connectivity index (χ3v) is 0. The summed E-state index contributed by atoms with van der Waals surface area (Å²) in [5.74, 6) is 0. The maximum Gasteiger partial charge on any atom is 0.466 e. The van der Waals surface area contributed by atoms with E-state index in [1.54, 1.807) is 0 Å². The van der Waals surface area contributed by atoms with E-state index in [-0.39, 0.29) is 112 Å². The van der Waals surface area contributed by atoms with Crippen molar-refractivity contribution in [3.05, 3.63) is 0 Å². The summed E-state index contributed by atoms with van der Waals surface area (Å²) in [6.07, 6.45) is 0. The Labute approximate surface area is 136 Å². The molecule has 0 fully saturated rings. The molecule has 2 radical (unpaired) electrons. The molecule has 0 aliphatic rings. The summed E-state index contributed by atoms with van der Waals surface area (Å²) in [6, 6.07) is 0. The molecule has 0 aliphatic carbocycles. The molecule has 4 nitrogen and oxygen atoms in total. The zero-order chi connectivity index (χ0) is 4.50. The molecular formula is H3GdLaO4PTm. The Hall–Kier alpha value is 3.86. The Kier molecular flexibility index (Phi) is 30.7. The predicted molar refractivity (Wildman–Crippen MR) is 14.3 cm³/mol. The topological polar surface area (TPSA) is 77.8 Å². The van der Waals surface area contributed by atoms with Crippen LogP contribution in [0.3, 0.4) is 0 Å². The van der Waals surface area contributed by atoms with Gasteiger partial charge >= 0.3 is 7.82 Å². The molecule has 0 aliphatic heterocycles. The minimum absolute atomic E-state index is 0. The minimum atomic E-state index is -4.64. The molecule has 0 aromatic rings. The van der Waals surface area contributed by atoms with Crippen molar-refractivity contribution >= 4 is 7.82 Å². The van der Waals surface area contributed by atoms with Crippen molar-refractivity contribution in [1.29, 1.82) is 0 Å². The van der Waals surface area contributed by atoms with Gasteiger partial charge in [0.15, 0.2) is 0 Å². The van der Waals surface area contributed by atoms with E-state index < -0.39 is 7.82 Å². The Balaban J connectivity index is -0.0000000267. The van der Waals surface area contributed by atoms with Crippen LogP contribution in [0.2, 0.25) is 0 Å². The Morgan fingerprint density at radius 3 is 1.12 bits per heavy atom. The van der Waals surface area contributed by atoms with Gasteiger partial charge in [-0.3, -0.25) is 0 Å². The molecule has 0 saturated heterocycles. The SMILES string of the molecule is O=P(O)(O)O.[Gd].[La].[Tm]. The Bertz CT molecular complexity index is 62.2.